The van der Waals surface area contributed by atoms with E-state index in [2.05, 4.69) is 15.9 Å². The van der Waals surface area contributed by atoms with Crippen LogP contribution in [0.1, 0.15) is 11.1 Å². The van der Waals surface area contributed by atoms with Crippen molar-refractivity contribution >= 4 is 22.0 Å². The highest BCUT2D eigenvalue weighted by Crippen LogP contribution is 2.11. The first-order valence-corrected chi connectivity index (χ1v) is 4.16. The van der Waals surface area contributed by atoms with Gasteiger partial charge in [-0.1, -0.05) is 22.0 Å². The quantitative estimate of drug-likeness (QED) is 0.721. The molecule has 1 aromatic carbocycles. The van der Waals surface area contributed by atoms with E-state index in [1.54, 1.807) is 23.2 Å². The third kappa shape index (κ3) is 1.93. The van der Waals surface area contributed by atoms with Crippen LogP contribution in [0, 0.1) is 17.1 Å². The van der Waals surface area contributed by atoms with Crippen LogP contribution in [0.3, 0.4) is 0 Å². The summed E-state index contributed by atoms with van der Waals surface area (Å²) < 4.78 is 12.9. The highest BCUT2D eigenvalue weighted by Gasteiger charge is 1.99. The molecule has 0 saturated heterocycles. The SMILES string of the molecule is N#Cc1ccc(C=CBr)cc1F. The molecule has 0 spiro atoms. The van der Waals surface area contributed by atoms with Gasteiger partial charge < -0.3 is 0 Å². The Morgan fingerprint density at radius 3 is 2.75 bits per heavy atom. The number of nitrogens with zero attached hydrogens (tertiary/aromatic N) is 1. The van der Waals surface area contributed by atoms with Crippen molar-refractivity contribution in [1.29, 1.82) is 5.26 Å². The van der Waals surface area contributed by atoms with Crippen LogP contribution in [0.2, 0.25) is 0 Å². The van der Waals surface area contributed by atoms with E-state index in [0.29, 0.717) is 0 Å². The van der Waals surface area contributed by atoms with E-state index in [-0.39, 0.29) is 5.56 Å². The Kier molecular flexibility index (Phi) is 3.01. The minimum Gasteiger partial charge on any atom is -0.206 e. The Morgan fingerprint density at radius 1 is 1.50 bits per heavy atom. The van der Waals surface area contributed by atoms with E-state index < -0.39 is 5.82 Å². The maximum atomic E-state index is 12.9. The number of halogens is 2. The molecule has 0 unspecified atom stereocenters. The molecule has 0 aliphatic rings. The first kappa shape index (κ1) is 8.95. The third-order valence-electron chi connectivity index (χ3n) is 1.37. The second-order valence-electron chi connectivity index (χ2n) is 2.14. The zero-order chi connectivity index (χ0) is 8.97. The van der Waals surface area contributed by atoms with Crippen LogP contribution in [0.15, 0.2) is 23.2 Å². The van der Waals surface area contributed by atoms with E-state index in [1.165, 1.54) is 12.1 Å². The summed E-state index contributed by atoms with van der Waals surface area (Å²) in [7, 11) is 0. The monoisotopic (exact) mass is 225 g/mol. The van der Waals surface area contributed by atoms with E-state index in [1.807, 2.05) is 0 Å². The zero-order valence-electron chi connectivity index (χ0n) is 6.09. The van der Waals surface area contributed by atoms with Crippen LogP contribution in [-0.2, 0) is 0 Å². The summed E-state index contributed by atoms with van der Waals surface area (Å²) in [5.74, 6) is -0.486. The van der Waals surface area contributed by atoms with Crippen LogP contribution >= 0.6 is 15.9 Å². The average molecular weight is 226 g/mol. The average Bonchev–Trinajstić information content (AvgIpc) is 2.05. The summed E-state index contributed by atoms with van der Waals surface area (Å²) in [6.45, 7) is 0. The van der Waals surface area contributed by atoms with Crippen LogP contribution in [-0.4, -0.2) is 0 Å². The number of benzene rings is 1. The highest BCUT2D eigenvalue weighted by atomic mass is 79.9. The molecule has 12 heavy (non-hydrogen) atoms. The van der Waals surface area contributed by atoms with Crippen molar-refractivity contribution in [3.05, 3.63) is 40.1 Å². The fourth-order valence-electron chi connectivity index (χ4n) is 0.798. The van der Waals surface area contributed by atoms with Crippen molar-refractivity contribution in [2.45, 2.75) is 0 Å². The van der Waals surface area contributed by atoms with Crippen molar-refractivity contribution < 1.29 is 4.39 Å². The van der Waals surface area contributed by atoms with Gasteiger partial charge in [-0.2, -0.15) is 5.26 Å². The molecule has 1 aromatic rings. The summed E-state index contributed by atoms with van der Waals surface area (Å²) in [6.07, 6.45) is 1.70. The molecular formula is C9H5BrFN. The molecule has 60 valence electrons. The van der Waals surface area contributed by atoms with E-state index in [0.717, 1.165) is 5.56 Å². The highest BCUT2D eigenvalue weighted by molar-refractivity contribution is 9.11. The number of hydrogen-bond acceptors (Lipinski definition) is 1. The first-order valence-electron chi connectivity index (χ1n) is 3.24. The molecule has 0 fully saturated rings. The van der Waals surface area contributed by atoms with Gasteiger partial charge in [0.25, 0.3) is 0 Å². The standard InChI is InChI=1S/C9H5BrFN/c10-4-3-7-1-2-8(6-12)9(11)5-7/h1-5H. The molecule has 0 radical (unpaired) electrons. The van der Waals surface area contributed by atoms with Gasteiger partial charge in [0.1, 0.15) is 11.9 Å². The lowest BCUT2D eigenvalue weighted by Gasteiger charge is -1.94. The van der Waals surface area contributed by atoms with Crippen LogP contribution in [0.5, 0.6) is 0 Å². The maximum absolute atomic E-state index is 12.9. The van der Waals surface area contributed by atoms with Gasteiger partial charge in [-0.25, -0.2) is 4.39 Å². The molecular weight excluding hydrogens is 221 g/mol. The topological polar surface area (TPSA) is 23.8 Å². The lowest BCUT2D eigenvalue weighted by molar-refractivity contribution is 0.623. The molecule has 0 N–H and O–H groups in total. The van der Waals surface area contributed by atoms with Crippen molar-refractivity contribution in [3.63, 3.8) is 0 Å². The lowest BCUT2D eigenvalue weighted by Crippen LogP contribution is -1.83. The Morgan fingerprint density at radius 2 is 2.25 bits per heavy atom. The molecule has 0 atom stereocenters. The summed E-state index contributed by atoms with van der Waals surface area (Å²) in [4.78, 5) is 1.63. The van der Waals surface area contributed by atoms with E-state index in [9.17, 15) is 4.39 Å². The fraction of sp³-hybridized carbons (Fsp3) is 0. The molecule has 1 nitrogen and oxygen atoms in total. The van der Waals surface area contributed by atoms with Gasteiger partial charge in [-0.05, 0) is 28.8 Å². The minimum absolute atomic E-state index is 0.0710. The molecule has 0 saturated carbocycles. The maximum Gasteiger partial charge on any atom is 0.141 e. The Bertz CT molecular complexity index is 352. The van der Waals surface area contributed by atoms with Gasteiger partial charge in [-0.15, -0.1) is 0 Å². The third-order valence-corrected chi connectivity index (χ3v) is 1.63. The van der Waals surface area contributed by atoms with Crippen molar-refractivity contribution in [2.75, 3.05) is 0 Å². The van der Waals surface area contributed by atoms with Gasteiger partial charge in [-0.3, -0.25) is 0 Å². The molecule has 0 amide bonds. The van der Waals surface area contributed by atoms with Crippen molar-refractivity contribution in [2.24, 2.45) is 0 Å². The van der Waals surface area contributed by atoms with Crippen LogP contribution in [0.4, 0.5) is 4.39 Å². The normalized spacial score (nSPS) is 10.1. The second-order valence-corrected chi connectivity index (χ2v) is 2.67. The number of hydrogen-bond donors (Lipinski definition) is 0. The van der Waals surface area contributed by atoms with Gasteiger partial charge >= 0.3 is 0 Å². The van der Waals surface area contributed by atoms with E-state index >= 15 is 0 Å². The molecule has 0 aromatic heterocycles. The van der Waals surface area contributed by atoms with Crippen molar-refractivity contribution in [3.8, 4) is 6.07 Å². The Balaban J connectivity index is 3.12. The largest absolute Gasteiger partial charge is 0.206 e. The summed E-state index contributed by atoms with van der Waals surface area (Å²) >= 11 is 3.08. The molecule has 0 aliphatic heterocycles. The van der Waals surface area contributed by atoms with Gasteiger partial charge in [0.2, 0.25) is 0 Å². The fourth-order valence-corrected chi connectivity index (χ4v) is 1.10. The summed E-state index contributed by atoms with van der Waals surface area (Å²) in [5.41, 5.74) is 0.796. The lowest BCUT2D eigenvalue weighted by atomic mass is 10.1. The van der Waals surface area contributed by atoms with Crippen LogP contribution < -0.4 is 0 Å². The molecule has 3 heteroatoms. The number of nitriles is 1. The molecule has 1 rings (SSSR count). The van der Waals surface area contributed by atoms with Gasteiger partial charge in [0.05, 0.1) is 5.56 Å². The van der Waals surface area contributed by atoms with Gasteiger partial charge in [0.15, 0.2) is 0 Å². The smallest absolute Gasteiger partial charge is 0.141 e. The predicted molar refractivity (Wildman–Crippen MR) is 49.1 cm³/mol. The second kappa shape index (κ2) is 4.03. The Hall–Kier alpha value is -1.14. The van der Waals surface area contributed by atoms with Crippen molar-refractivity contribution in [1.82, 2.24) is 0 Å². The molecule has 0 heterocycles. The number of rotatable bonds is 1. The van der Waals surface area contributed by atoms with Crippen LogP contribution in [0.25, 0.3) is 6.08 Å². The summed E-state index contributed by atoms with van der Waals surface area (Å²) in [5, 5.41) is 8.42. The first-order chi connectivity index (χ1) is 5.77. The molecule has 0 bridgehead atoms. The van der Waals surface area contributed by atoms with Gasteiger partial charge in [0, 0.05) is 0 Å². The molecule has 0 aliphatic carbocycles. The Labute approximate surface area is 78.3 Å². The van der Waals surface area contributed by atoms with E-state index in [4.69, 9.17) is 5.26 Å². The minimum atomic E-state index is -0.486. The zero-order valence-corrected chi connectivity index (χ0v) is 7.68. The summed E-state index contributed by atoms with van der Waals surface area (Å²) in [6, 6.07) is 6.21. The predicted octanol–water partition coefficient (Wildman–Crippen LogP) is 3.06.